The zero-order valence-corrected chi connectivity index (χ0v) is 9.55. The van der Waals surface area contributed by atoms with E-state index < -0.39 is 23.4 Å². The first-order valence-electron chi connectivity index (χ1n) is 5.01. The predicted molar refractivity (Wildman–Crippen MR) is 58.9 cm³/mol. The number of methoxy groups -OCH3 is 1. The van der Waals surface area contributed by atoms with Crippen molar-refractivity contribution in [3.63, 3.8) is 0 Å². The van der Waals surface area contributed by atoms with Gasteiger partial charge in [0.15, 0.2) is 0 Å². The van der Waals surface area contributed by atoms with Crippen molar-refractivity contribution in [3.8, 4) is 12.3 Å². The molecular weight excluding hydrogens is 224 g/mol. The second-order valence-corrected chi connectivity index (χ2v) is 3.28. The van der Waals surface area contributed by atoms with E-state index in [0.717, 1.165) is 7.11 Å². The number of esters is 1. The molecule has 17 heavy (non-hydrogen) atoms. The van der Waals surface area contributed by atoms with Crippen molar-refractivity contribution in [2.75, 3.05) is 13.7 Å². The maximum atomic E-state index is 11.8. The molecular formula is C11H14N2O4. The smallest absolute Gasteiger partial charge is 0.441 e. The van der Waals surface area contributed by atoms with Gasteiger partial charge >= 0.3 is 11.7 Å². The van der Waals surface area contributed by atoms with Crippen LogP contribution in [0.15, 0.2) is 0 Å². The highest BCUT2D eigenvalue weighted by Crippen LogP contribution is 2.12. The van der Waals surface area contributed by atoms with E-state index in [4.69, 9.17) is 17.1 Å². The Labute approximate surface area is 99.2 Å². The summed E-state index contributed by atoms with van der Waals surface area (Å²) in [6.45, 7) is -0.0851. The topological polar surface area (TPSA) is 100 Å². The number of aliphatic hydroxyl groups is 1. The molecule has 0 spiro atoms. The van der Waals surface area contributed by atoms with Gasteiger partial charge in [0.2, 0.25) is 0 Å². The zero-order chi connectivity index (χ0) is 13.3. The average molecular weight is 238 g/mol. The first-order chi connectivity index (χ1) is 8.12. The Balaban J connectivity index is 4.87. The highest BCUT2D eigenvalue weighted by molar-refractivity contribution is 6.62. The molecule has 0 bridgehead atoms. The summed E-state index contributed by atoms with van der Waals surface area (Å²) in [5.41, 5.74) is 7.93. The lowest BCUT2D eigenvalue weighted by Crippen LogP contribution is -2.32. The molecule has 6 heteroatoms. The van der Waals surface area contributed by atoms with Gasteiger partial charge in [-0.05, 0) is 12.8 Å². The van der Waals surface area contributed by atoms with Crippen LogP contribution in [0, 0.1) is 18.3 Å². The molecule has 1 unspecified atom stereocenters. The lowest BCUT2D eigenvalue weighted by molar-refractivity contribution is -0.140. The van der Waals surface area contributed by atoms with Crippen LogP contribution in [-0.4, -0.2) is 41.1 Å². The number of ketones is 1. The summed E-state index contributed by atoms with van der Waals surface area (Å²) in [6, 6.07) is 0. The predicted octanol–water partition coefficient (Wildman–Crippen LogP) is -0.189. The number of terminal acetylenes is 1. The third-order valence-corrected chi connectivity index (χ3v) is 2.16. The van der Waals surface area contributed by atoms with Crippen molar-refractivity contribution in [1.82, 2.24) is 0 Å². The van der Waals surface area contributed by atoms with Gasteiger partial charge in [-0.2, -0.15) is 4.79 Å². The van der Waals surface area contributed by atoms with Gasteiger partial charge in [-0.15, -0.1) is 12.3 Å². The second-order valence-electron chi connectivity index (χ2n) is 3.28. The standard InChI is InChI=1S/C11H14N2O4/c1-3-5-8(6-4-7-14)10(15)9(13-12)11(16)17-2/h1,8,14H,4-7H2,2H3. The number of ether oxygens (including phenoxy) is 1. The Bertz CT molecular complexity index is 377. The van der Waals surface area contributed by atoms with Crippen molar-refractivity contribution < 1.29 is 24.2 Å². The molecule has 0 aromatic rings. The van der Waals surface area contributed by atoms with Crippen LogP contribution in [0.3, 0.4) is 0 Å². The number of carbonyl (C=O) groups is 2. The Hall–Kier alpha value is -1.96. The van der Waals surface area contributed by atoms with Crippen molar-refractivity contribution in [2.45, 2.75) is 19.3 Å². The molecule has 0 aliphatic heterocycles. The molecule has 0 heterocycles. The molecule has 6 nitrogen and oxygen atoms in total. The monoisotopic (exact) mass is 238 g/mol. The third kappa shape index (κ3) is 4.60. The molecule has 0 saturated heterocycles. The fourth-order valence-corrected chi connectivity index (χ4v) is 1.29. The summed E-state index contributed by atoms with van der Waals surface area (Å²) in [6.07, 6.45) is 5.90. The van der Waals surface area contributed by atoms with Crippen LogP contribution in [0.1, 0.15) is 19.3 Å². The van der Waals surface area contributed by atoms with Gasteiger partial charge in [0.25, 0.3) is 5.78 Å². The van der Waals surface area contributed by atoms with Crippen LogP contribution in [-0.2, 0) is 14.3 Å². The highest BCUT2D eigenvalue weighted by Gasteiger charge is 2.35. The Morgan fingerprint density at radius 2 is 2.24 bits per heavy atom. The minimum atomic E-state index is -1.01. The largest absolute Gasteiger partial charge is 0.460 e. The number of hydrogen-bond donors (Lipinski definition) is 1. The second kappa shape index (κ2) is 8.22. The maximum absolute atomic E-state index is 11.8. The number of nitrogens with zero attached hydrogens (tertiary/aromatic N) is 2. The van der Waals surface area contributed by atoms with E-state index in [9.17, 15) is 9.59 Å². The highest BCUT2D eigenvalue weighted by atomic mass is 16.5. The number of Topliss-reactive ketones (excluding diaryl/α,β-unsaturated/α-hetero) is 1. The van der Waals surface area contributed by atoms with Crippen LogP contribution in [0.4, 0.5) is 0 Å². The number of hydrogen-bond acceptors (Lipinski definition) is 4. The van der Waals surface area contributed by atoms with Crippen LogP contribution in [0.5, 0.6) is 0 Å². The quantitative estimate of drug-likeness (QED) is 0.166. The summed E-state index contributed by atoms with van der Waals surface area (Å²) in [7, 11) is 1.07. The minimum absolute atomic E-state index is 0.0851. The summed E-state index contributed by atoms with van der Waals surface area (Å²) in [4.78, 5) is 25.6. The van der Waals surface area contributed by atoms with Crippen LogP contribution in [0.25, 0.3) is 5.53 Å². The Kier molecular flexibility index (Phi) is 7.27. The van der Waals surface area contributed by atoms with Crippen molar-refractivity contribution in [2.24, 2.45) is 5.92 Å². The van der Waals surface area contributed by atoms with Crippen LogP contribution in [0.2, 0.25) is 0 Å². The molecule has 0 aliphatic rings. The maximum Gasteiger partial charge on any atom is 0.441 e. The summed E-state index contributed by atoms with van der Waals surface area (Å²) in [5, 5.41) is 8.68. The first-order valence-corrected chi connectivity index (χ1v) is 5.01. The molecule has 0 radical (unpaired) electrons. The van der Waals surface area contributed by atoms with E-state index in [1.54, 1.807) is 0 Å². The van der Waals surface area contributed by atoms with Gasteiger partial charge in [0.1, 0.15) is 0 Å². The van der Waals surface area contributed by atoms with Crippen LogP contribution < -0.4 is 0 Å². The number of carbonyl (C=O) groups excluding carboxylic acids is 2. The molecule has 1 atom stereocenters. The SMILES string of the molecule is C#CCC(CCCO)C(=O)C(=[N+]=[N-])C(=O)OC. The number of aliphatic hydroxyl groups excluding tert-OH is 1. The molecule has 0 aromatic heterocycles. The van der Waals surface area contributed by atoms with E-state index in [1.165, 1.54) is 0 Å². The van der Waals surface area contributed by atoms with Crippen molar-refractivity contribution >= 4 is 17.5 Å². The molecule has 0 rings (SSSR count). The third-order valence-electron chi connectivity index (χ3n) is 2.16. The molecule has 1 N–H and O–H groups in total. The normalized spacial score (nSPS) is 10.9. The van der Waals surface area contributed by atoms with Gasteiger partial charge in [-0.1, -0.05) is 0 Å². The molecule has 0 saturated carbocycles. The fourth-order valence-electron chi connectivity index (χ4n) is 1.29. The molecule has 0 fully saturated rings. The minimum Gasteiger partial charge on any atom is -0.460 e. The lowest BCUT2D eigenvalue weighted by atomic mass is 9.92. The van der Waals surface area contributed by atoms with E-state index in [0.29, 0.717) is 12.8 Å². The summed E-state index contributed by atoms with van der Waals surface area (Å²) >= 11 is 0. The van der Waals surface area contributed by atoms with Gasteiger partial charge < -0.3 is 15.4 Å². The Morgan fingerprint density at radius 1 is 1.59 bits per heavy atom. The number of rotatable bonds is 7. The summed E-state index contributed by atoms with van der Waals surface area (Å²) in [5.74, 6) is -0.0390. The van der Waals surface area contributed by atoms with Gasteiger partial charge in [0, 0.05) is 18.9 Å². The van der Waals surface area contributed by atoms with E-state index in [-0.39, 0.29) is 13.0 Å². The van der Waals surface area contributed by atoms with Crippen LogP contribution >= 0.6 is 0 Å². The molecule has 0 aliphatic carbocycles. The van der Waals surface area contributed by atoms with E-state index in [1.807, 2.05) is 0 Å². The molecule has 92 valence electrons. The average Bonchev–Trinajstić information content (AvgIpc) is 2.34. The lowest BCUT2D eigenvalue weighted by Gasteiger charge is -2.08. The van der Waals surface area contributed by atoms with Gasteiger partial charge in [0.05, 0.1) is 7.11 Å². The molecule has 0 aromatic carbocycles. The first kappa shape index (κ1) is 15.0. The van der Waals surface area contributed by atoms with E-state index >= 15 is 0 Å². The Morgan fingerprint density at radius 3 is 2.65 bits per heavy atom. The fraction of sp³-hybridized carbons (Fsp3) is 0.545. The molecule has 0 amide bonds. The van der Waals surface area contributed by atoms with Gasteiger partial charge in [-0.3, -0.25) is 4.79 Å². The van der Waals surface area contributed by atoms with Gasteiger partial charge in [-0.25, -0.2) is 4.79 Å². The van der Waals surface area contributed by atoms with Crippen molar-refractivity contribution in [3.05, 3.63) is 5.53 Å². The summed E-state index contributed by atoms with van der Waals surface area (Å²) < 4.78 is 4.31. The van der Waals surface area contributed by atoms with Crippen molar-refractivity contribution in [1.29, 1.82) is 0 Å². The van der Waals surface area contributed by atoms with E-state index in [2.05, 4.69) is 15.4 Å². The zero-order valence-electron chi connectivity index (χ0n) is 9.55.